The fourth-order valence-electron chi connectivity index (χ4n) is 2.88. The van der Waals surface area contributed by atoms with Gasteiger partial charge < -0.3 is 4.74 Å². The molecule has 0 N–H and O–H groups in total. The van der Waals surface area contributed by atoms with Gasteiger partial charge in [-0.3, -0.25) is 22.6 Å². The molecule has 2 aromatic carbocycles. The van der Waals surface area contributed by atoms with Crippen molar-refractivity contribution in [1.29, 1.82) is 0 Å². The van der Waals surface area contributed by atoms with Crippen molar-refractivity contribution >= 4 is 40.6 Å². The van der Waals surface area contributed by atoms with Gasteiger partial charge in [-0.1, -0.05) is 16.9 Å². The highest BCUT2D eigenvalue weighted by molar-refractivity contribution is 8.02. The van der Waals surface area contributed by atoms with E-state index in [0.29, 0.717) is 12.2 Å². The van der Waals surface area contributed by atoms with Crippen LogP contribution in [0.4, 0.5) is 0 Å². The summed E-state index contributed by atoms with van der Waals surface area (Å²) < 4.78 is 59.5. The molecule has 0 aliphatic rings. The first-order valence-electron chi connectivity index (χ1n) is 10.5. The molecule has 0 aromatic heterocycles. The van der Waals surface area contributed by atoms with Crippen LogP contribution in [0.1, 0.15) is 11.1 Å². The number of hydrazone groups is 1. The highest BCUT2D eigenvalue weighted by atomic mass is 32.4. The van der Waals surface area contributed by atoms with Crippen molar-refractivity contribution in [2.24, 2.45) is 5.10 Å². The van der Waals surface area contributed by atoms with E-state index in [2.05, 4.69) is 5.10 Å². The molecule has 0 spiro atoms. The molecule has 0 aliphatic carbocycles. The van der Waals surface area contributed by atoms with E-state index in [0.717, 1.165) is 21.3 Å². The van der Waals surface area contributed by atoms with Crippen LogP contribution >= 0.6 is 22.6 Å². The molecule has 15 heteroatoms. The highest BCUT2D eigenvalue weighted by Crippen LogP contribution is 2.67. The van der Waals surface area contributed by atoms with Crippen molar-refractivity contribution in [3.8, 4) is 11.5 Å². The van der Waals surface area contributed by atoms with E-state index in [1.807, 2.05) is 36.4 Å². The van der Waals surface area contributed by atoms with Crippen LogP contribution in [0.2, 0.25) is 0 Å². The van der Waals surface area contributed by atoms with E-state index in [9.17, 15) is 9.13 Å². The predicted molar refractivity (Wildman–Crippen MR) is 143 cm³/mol. The second kappa shape index (κ2) is 14.3. The van der Waals surface area contributed by atoms with Gasteiger partial charge in [0.25, 0.3) is 0 Å². The van der Waals surface area contributed by atoms with E-state index < -0.39 is 22.6 Å². The summed E-state index contributed by atoms with van der Waals surface area (Å²) in [6, 6.07) is 14.6. The summed E-state index contributed by atoms with van der Waals surface area (Å²) in [4.78, 5) is 0. The zero-order valence-corrected chi connectivity index (χ0v) is 24.5. The van der Waals surface area contributed by atoms with E-state index >= 15 is 0 Å². The van der Waals surface area contributed by atoms with Crippen LogP contribution in [-0.4, -0.2) is 64.6 Å². The molecule has 11 nitrogen and oxygen atoms in total. The third kappa shape index (κ3) is 8.15. The predicted octanol–water partition coefficient (Wildman–Crippen LogP) is 5.46. The van der Waals surface area contributed by atoms with Gasteiger partial charge in [-0.15, -0.1) is 9.54 Å². The average Bonchev–Trinajstić information content (AvgIpc) is 2.92. The number of ether oxygens (including phenoxy) is 1. The Morgan fingerprint density at radius 1 is 0.861 bits per heavy atom. The quantitative estimate of drug-likeness (QED) is 0.153. The largest absolute Gasteiger partial charge is 0.540 e. The summed E-state index contributed by atoms with van der Waals surface area (Å²) in [5.74, 6) is 1.34. The summed E-state index contributed by atoms with van der Waals surface area (Å²) in [6.45, 7) is 0.0225. The first-order valence-corrected chi connectivity index (χ1v) is 15.7. The topological polar surface area (TPSA) is 108 Å². The van der Waals surface area contributed by atoms with Gasteiger partial charge in [0.15, 0.2) is 5.75 Å². The molecule has 0 saturated carbocycles. The van der Waals surface area contributed by atoms with Crippen molar-refractivity contribution in [1.82, 2.24) is 9.22 Å². The van der Waals surface area contributed by atoms with Crippen LogP contribution in [0.15, 0.2) is 53.6 Å². The van der Waals surface area contributed by atoms with Crippen LogP contribution in [-0.2, 0) is 45.5 Å². The molecular weight excluding hydrogens is 547 g/mol. The number of hydrogen-bond acceptors (Lipinski definition) is 10. The maximum Gasteiger partial charge on any atom is 0.540 e. The SMILES string of the molecule is COc1ccc(/C=N/N(C)[P+](=S)Oc2ccc(CCN(P(=O)(OC)OC)P(=O)(OC)OC)cc2)cc1. The summed E-state index contributed by atoms with van der Waals surface area (Å²) in [6.07, 6.45) is 2.04. The number of methoxy groups -OCH3 is 1. The number of benzene rings is 2. The molecule has 0 amide bonds. The van der Waals surface area contributed by atoms with Gasteiger partial charge in [0.1, 0.15) is 5.75 Å². The first-order chi connectivity index (χ1) is 17.1. The van der Waals surface area contributed by atoms with Gasteiger partial charge in [0.05, 0.1) is 20.4 Å². The number of nitrogens with zero attached hydrogens (tertiary/aromatic N) is 3. The lowest BCUT2D eigenvalue weighted by Crippen LogP contribution is -2.23. The lowest BCUT2D eigenvalue weighted by atomic mass is 10.1. The normalized spacial score (nSPS) is 12.7. The standard InChI is InChI=1S/C21H31N3O8P3S/c1-23(22-17-19-9-11-20(27-2)12-10-19)33(36)32-21-13-7-18(8-14-21)15-16-24(34(25,28-3)29-4)35(26,30-5)31-6/h7-14,17H,15-16H2,1-6H3/q+1/b22-17+. The summed E-state index contributed by atoms with van der Waals surface area (Å²) in [5, 5.41) is 4.35. The molecule has 36 heavy (non-hydrogen) atoms. The minimum absolute atomic E-state index is 0.0225. The Labute approximate surface area is 218 Å². The summed E-state index contributed by atoms with van der Waals surface area (Å²) in [7, 11) is -1.09. The van der Waals surface area contributed by atoms with Crippen molar-refractivity contribution in [3.63, 3.8) is 0 Å². The molecule has 0 radical (unpaired) electrons. The van der Waals surface area contributed by atoms with Crippen LogP contribution in [0.25, 0.3) is 0 Å². The molecule has 2 rings (SSSR count). The Bertz CT molecular complexity index is 1080. The van der Waals surface area contributed by atoms with E-state index in [1.165, 1.54) is 28.4 Å². The maximum absolute atomic E-state index is 12.9. The van der Waals surface area contributed by atoms with Gasteiger partial charge in [-0.05, 0) is 53.9 Å². The Morgan fingerprint density at radius 3 is 1.83 bits per heavy atom. The fraction of sp³-hybridized carbons (Fsp3) is 0.381. The van der Waals surface area contributed by atoms with Gasteiger partial charge >= 0.3 is 22.6 Å². The lowest BCUT2D eigenvalue weighted by molar-refractivity contribution is 0.195. The molecule has 0 heterocycles. The molecule has 0 aliphatic heterocycles. The zero-order chi connectivity index (χ0) is 26.8. The van der Waals surface area contributed by atoms with Gasteiger partial charge in [-0.2, -0.15) is 0 Å². The minimum Gasteiger partial charge on any atom is -0.497 e. The second-order valence-electron chi connectivity index (χ2n) is 6.99. The van der Waals surface area contributed by atoms with Crippen molar-refractivity contribution in [2.75, 3.05) is 49.1 Å². The molecule has 0 fully saturated rings. The second-order valence-corrected chi connectivity index (χ2v) is 13.8. The van der Waals surface area contributed by atoms with Gasteiger partial charge in [0.2, 0.25) is 11.8 Å². The third-order valence-electron chi connectivity index (χ3n) is 4.92. The summed E-state index contributed by atoms with van der Waals surface area (Å²) in [5.41, 5.74) is 1.75. The van der Waals surface area contributed by atoms with Crippen LogP contribution in [0.5, 0.6) is 11.5 Å². The maximum atomic E-state index is 12.9. The van der Waals surface area contributed by atoms with Crippen LogP contribution < -0.4 is 9.26 Å². The van der Waals surface area contributed by atoms with Crippen LogP contribution in [0, 0.1) is 0 Å². The van der Waals surface area contributed by atoms with E-state index in [4.69, 9.17) is 39.2 Å². The third-order valence-corrected chi connectivity index (χ3v) is 11.5. The van der Waals surface area contributed by atoms with Gasteiger partial charge in [-0.25, -0.2) is 9.13 Å². The Kier molecular flexibility index (Phi) is 12.1. The van der Waals surface area contributed by atoms with E-state index in [1.54, 1.807) is 37.3 Å². The van der Waals surface area contributed by atoms with Crippen molar-refractivity contribution < 1.29 is 36.5 Å². The number of rotatable bonds is 15. The van der Waals surface area contributed by atoms with Crippen molar-refractivity contribution in [2.45, 2.75) is 6.42 Å². The fourth-order valence-corrected chi connectivity index (χ4v) is 7.52. The van der Waals surface area contributed by atoms with Crippen molar-refractivity contribution in [3.05, 3.63) is 59.7 Å². The molecule has 2 aromatic rings. The van der Waals surface area contributed by atoms with Crippen LogP contribution in [0.3, 0.4) is 0 Å². The summed E-state index contributed by atoms with van der Waals surface area (Å²) >= 11 is 5.46. The molecule has 1 atom stereocenters. The number of hydrogen-bond donors (Lipinski definition) is 0. The molecule has 1 unspecified atom stereocenters. The lowest BCUT2D eigenvalue weighted by Gasteiger charge is -2.31. The Balaban J connectivity index is 2.01. The monoisotopic (exact) mass is 578 g/mol. The molecule has 198 valence electrons. The first kappa shape index (κ1) is 30.5. The van der Waals surface area contributed by atoms with Gasteiger partial charge in [0, 0.05) is 35.0 Å². The Hall–Kier alpha value is -1.71. The highest BCUT2D eigenvalue weighted by Gasteiger charge is 2.46. The zero-order valence-electron chi connectivity index (χ0n) is 21.0. The molecule has 0 bridgehead atoms. The Morgan fingerprint density at radius 2 is 1.36 bits per heavy atom. The molecule has 0 saturated heterocycles. The minimum atomic E-state index is -3.90. The average molecular weight is 578 g/mol. The van der Waals surface area contributed by atoms with E-state index in [-0.39, 0.29) is 6.54 Å². The smallest absolute Gasteiger partial charge is 0.497 e. The molecular formula is C21H31N3O8P3S+.